The van der Waals surface area contributed by atoms with Gasteiger partial charge in [-0.3, -0.25) is 4.79 Å². The third kappa shape index (κ3) is 3.28. The van der Waals surface area contributed by atoms with Gasteiger partial charge in [0.05, 0.1) is 18.8 Å². The minimum atomic E-state index is -0.185. The van der Waals surface area contributed by atoms with Gasteiger partial charge in [0.1, 0.15) is 5.75 Å². The summed E-state index contributed by atoms with van der Waals surface area (Å²) in [4.78, 5) is 14.1. The van der Waals surface area contributed by atoms with E-state index in [0.717, 1.165) is 17.3 Å². The zero-order valence-electron chi connectivity index (χ0n) is 11.1. The summed E-state index contributed by atoms with van der Waals surface area (Å²) < 4.78 is 6.12. The maximum Gasteiger partial charge on any atom is 0.257 e. The third-order valence-electron chi connectivity index (χ3n) is 3.48. The molecule has 0 aliphatic heterocycles. The number of hydrogen-bond acceptors (Lipinski definition) is 3. The number of ether oxygens (including phenoxy) is 1. The summed E-state index contributed by atoms with van der Waals surface area (Å²) in [6.07, 6.45) is 1.39. The van der Waals surface area contributed by atoms with Gasteiger partial charge in [-0.15, -0.1) is 0 Å². The molecule has 0 aromatic heterocycles. The van der Waals surface area contributed by atoms with Crippen LogP contribution >= 0.6 is 15.9 Å². The molecule has 0 bridgehead atoms. The van der Waals surface area contributed by atoms with Crippen molar-refractivity contribution in [3.63, 3.8) is 0 Å². The predicted molar refractivity (Wildman–Crippen MR) is 76.4 cm³/mol. The van der Waals surface area contributed by atoms with Gasteiger partial charge in [0.25, 0.3) is 5.91 Å². The molecule has 1 amide bonds. The summed E-state index contributed by atoms with van der Waals surface area (Å²) in [7, 11) is 3.34. The number of carbonyl (C=O) groups is 1. The number of benzene rings is 1. The van der Waals surface area contributed by atoms with Crippen molar-refractivity contribution in [2.24, 2.45) is 5.92 Å². The van der Waals surface area contributed by atoms with E-state index in [1.165, 1.54) is 0 Å². The Morgan fingerprint density at radius 2 is 2.21 bits per heavy atom. The van der Waals surface area contributed by atoms with Crippen LogP contribution in [0.2, 0.25) is 0 Å². The fourth-order valence-electron chi connectivity index (χ4n) is 2.37. The number of rotatable bonds is 4. The largest absolute Gasteiger partial charge is 0.496 e. The maximum atomic E-state index is 12.4. The summed E-state index contributed by atoms with van der Waals surface area (Å²) in [5.41, 5.74) is 0.563. The van der Waals surface area contributed by atoms with Gasteiger partial charge in [0, 0.05) is 18.1 Å². The van der Waals surface area contributed by atoms with Crippen molar-refractivity contribution in [3.8, 4) is 5.75 Å². The van der Waals surface area contributed by atoms with Gasteiger partial charge >= 0.3 is 0 Å². The first-order chi connectivity index (χ1) is 9.01. The van der Waals surface area contributed by atoms with Crippen molar-refractivity contribution in [1.29, 1.82) is 0 Å². The molecule has 0 heterocycles. The number of hydrogen-bond donors (Lipinski definition) is 1. The van der Waals surface area contributed by atoms with Crippen LogP contribution in [0.5, 0.6) is 5.75 Å². The average Bonchev–Trinajstić information content (AvgIpc) is 2.35. The Bertz CT molecular complexity index is 472. The number of carbonyl (C=O) groups excluding carboxylic acids is 1. The molecule has 0 unspecified atom stereocenters. The molecule has 0 radical (unpaired) electrons. The van der Waals surface area contributed by atoms with E-state index in [4.69, 9.17) is 4.74 Å². The van der Waals surface area contributed by atoms with Crippen LogP contribution in [-0.2, 0) is 0 Å². The highest BCUT2D eigenvalue weighted by molar-refractivity contribution is 9.10. The van der Waals surface area contributed by atoms with Gasteiger partial charge in [0.2, 0.25) is 0 Å². The van der Waals surface area contributed by atoms with Crippen LogP contribution in [0.4, 0.5) is 0 Å². The zero-order valence-corrected chi connectivity index (χ0v) is 12.7. The first-order valence-corrected chi connectivity index (χ1v) is 7.07. The number of methoxy groups -OCH3 is 1. The molecule has 1 N–H and O–H groups in total. The molecule has 4 nitrogen and oxygen atoms in total. The van der Waals surface area contributed by atoms with E-state index in [1.54, 1.807) is 31.2 Å². The van der Waals surface area contributed by atoms with E-state index < -0.39 is 0 Å². The van der Waals surface area contributed by atoms with Gasteiger partial charge in [-0.25, -0.2) is 0 Å². The summed E-state index contributed by atoms with van der Waals surface area (Å²) in [6, 6.07) is 5.38. The summed E-state index contributed by atoms with van der Waals surface area (Å²) >= 11 is 3.36. The van der Waals surface area contributed by atoms with Crippen LogP contribution in [0.3, 0.4) is 0 Å². The number of amides is 1. The van der Waals surface area contributed by atoms with Crippen molar-refractivity contribution in [1.82, 2.24) is 4.90 Å². The van der Waals surface area contributed by atoms with Crippen molar-refractivity contribution < 1.29 is 14.6 Å². The minimum Gasteiger partial charge on any atom is -0.496 e. The van der Waals surface area contributed by atoms with Gasteiger partial charge in [-0.2, -0.15) is 0 Å². The molecule has 1 aromatic rings. The smallest absolute Gasteiger partial charge is 0.257 e. The lowest BCUT2D eigenvalue weighted by atomic mass is 9.82. The lowest BCUT2D eigenvalue weighted by Crippen LogP contribution is -2.39. The van der Waals surface area contributed by atoms with Crippen molar-refractivity contribution in [3.05, 3.63) is 28.2 Å². The normalized spacial score (nSPS) is 21.7. The van der Waals surface area contributed by atoms with Crippen molar-refractivity contribution in [2.45, 2.75) is 18.9 Å². The fourth-order valence-corrected chi connectivity index (χ4v) is 2.71. The highest BCUT2D eigenvalue weighted by atomic mass is 79.9. The van der Waals surface area contributed by atoms with Crippen LogP contribution in [0, 0.1) is 5.92 Å². The second-order valence-corrected chi connectivity index (χ2v) is 5.94. The van der Waals surface area contributed by atoms with Gasteiger partial charge in [0.15, 0.2) is 0 Å². The zero-order chi connectivity index (χ0) is 14.0. The Hall–Kier alpha value is -1.07. The maximum absolute atomic E-state index is 12.4. The highest BCUT2D eigenvalue weighted by Gasteiger charge is 2.29. The molecular weight excluding hydrogens is 310 g/mol. The summed E-state index contributed by atoms with van der Waals surface area (Å²) in [6.45, 7) is 0.676. The van der Waals surface area contributed by atoms with Crippen LogP contribution < -0.4 is 4.74 Å². The summed E-state index contributed by atoms with van der Waals surface area (Å²) in [5.74, 6) is 0.927. The van der Waals surface area contributed by atoms with E-state index in [2.05, 4.69) is 15.9 Å². The molecule has 1 aliphatic rings. The van der Waals surface area contributed by atoms with E-state index in [-0.39, 0.29) is 12.0 Å². The van der Waals surface area contributed by atoms with E-state index in [0.29, 0.717) is 23.8 Å². The molecule has 104 valence electrons. The number of aliphatic hydroxyl groups excluding tert-OH is 1. The van der Waals surface area contributed by atoms with Crippen molar-refractivity contribution >= 4 is 21.8 Å². The van der Waals surface area contributed by atoms with Crippen molar-refractivity contribution in [2.75, 3.05) is 20.7 Å². The minimum absolute atomic E-state index is 0.0502. The first kappa shape index (κ1) is 14.3. The fraction of sp³-hybridized carbons (Fsp3) is 0.500. The molecular formula is C14H18BrNO3. The SMILES string of the molecule is COc1cc(Br)ccc1C(=O)N(C)CC1CC(O)C1. The van der Waals surface area contributed by atoms with Crippen LogP contribution in [0.15, 0.2) is 22.7 Å². The third-order valence-corrected chi connectivity index (χ3v) is 3.98. The summed E-state index contributed by atoms with van der Waals surface area (Å²) in [5, 5.41) is 9.27. The monoisotopic (exact) mass is 327 g/mol. The Kier molecular flexibility index (Phi) is 4.47. The highest BCUT2D eigenvalue weighted by Crippen LogP contribution is 2.29. The standard InChI is InChI=1S/C14H18BrNO3/c1-16(8-9-5-11(17)6-9)14(18)12-4-3-10(15)7-13(12)19-2/h3-4,7,9,11,17H,5-6,8H2,1-2H3. The molecule has 0 saturated heterocycles. The van der Waals surface area contributed by atoms with E-state index in [9.17, 15) is 9.90 Å². The Morgan fingerprint density at radius 3 is 2.79 bits per heavy atom. The van der Waals surface area contributed by atoms with Gasteiger partial charge in [-0.1, -0.05) is 15.9 Å². The van der Waals surface area contributed by atoms with E-state index >= 15 is 0 Å². The quantitative estimate of drug-likeness (QED) is 0.923. The average molecular weight is 328 g/mol. The lowest BCUT2D eigenvalue weighted by Gasteiger charge is -2.34. The van der Waals surface area contributed by atoms with Gasteiger partial charge in [-0.05, 0) is 37.0 Å². The molecule has 1 saturated carbocycles. The molecule has 0 atom stereocenters. The second kappa shape index (κ2) is 5.92. The topological polar surface area (TPSA) is 49.8 Å². The molecule has 0 spiro atoms. The molecule has 5 heteroatoms. The molecule has 19 heavy (non-hydrogen) atoms. The number of nitrogens with zero attached hydrogens (tertiary/aromatic N) is 1. The predicted octanol–water partition coefficient (Wildman–Crippen LogP) is 2.30. The molecule has 1 fully saturated rings. The Balaban J connectivity index is 2.06. The van der Waals surface area contributed by atoms with Crippen LogP contribution in [0.25, 0.3) is 0 Å². The van der Waals surface area contributed by atoms with E-state index in [1.807, 2.05) is 6.07 Å². The second-order valence-electron chi connectivity index (χ2n) is 5.02. The molecule has 1 aromatic carbocycles. The first-order valence-electron chi connectivity index (χ1n) is 6.28. The molecule has 2 rings (SSSR count). The van der Waals surface area contributed by atoms with Crippen LogP contribution in [-0.4, -0.2) is 42.7 Å². The molecule has 1 aliphatic carbocycles. The van der Waals surface area contributed by atoms with Gasteiger partial charge < -0.3 is 14.7 Å². The number of aliphatic hydroxyl groups is 1. The Morgan fingerprint density at radius 1 is 1.53 bits per heavy atom. The Labute approximate surface area is 121 Å². The van der Waals surface area contributed by atoms with Crippen LogP contribution in [0.1, 0.15) is 23.2 Å². The lowest BCUT2D eigenvalue weighted by molar-refractivity contribution is 0.0264. The number of halogens is 1.